The average molecular weight is 174 g/mol. The molecule has 1 radical (unpaired) electrons. The van der Waals surface area contributed by atoms with Crippen LogP contribution in [0.4, 0.5) is 5.69 Å². The van der Waals surface area contributed by atoms with Gasteiger partial charge in [-0.1, -0.05) is 18.2 Å². The summed E-state index contributed by atoms with van der Waals surface area (Å²) in [5, 5.41) is 0. The number of aryl methyl sites for hydroxylation is 1. The molecular weight excluding hydrogens is 162 g/mol. The van der Waals surface area contributed by atoms with Crippen molar-refractivity contribution in [3.8, 4) is 0 Å². The van der Waals surface area contributed by atoms with E-state index in [1.165, 1.54) is 5.56 Å². The van der Waals surface area contributed by atoms with Crippen LogP contribution in [0, 0.1) is 6.54 Å². The Morgan fingerprint density at radius 3 is 2.92 bits per heavy atom. The average Bonchev–Trinajstić information content (AvgIpc) is 2.17. The van der Waals surface area contributed by atoms with Crippen LogP contribution in [0.25, 0.3) is 0 Å². The van der Waals surface area contributed by atoms with Gasteiger partial charge in [0.05, 0.1) is 6.54 Å². The maximum atomic E-state index is 11.3. The number of carbonyl (C=O) groups excluding carboxylic acids is 1. The van der Waals surface area contributed by atoms with Crippen molar-refractivity contribution in [1.29, 1.82) is 0 Å². The first-order valence-corrected chi connectivity index (χ1v) is 4.50. The maximum Gasteiger partial charge on any atom is 0.224 e. The Morgan fingerprint density at radius 1 is 1.38 bits per heavy atom. The molecule has 0 aliphatic carbocycles. The molecule has 2 rings (SSSR count). The van der Waals surface area contributed by atoms with Gasteiger partial charge >= 0.3 is 0 Å². The molecule has 2 nitrogen and oxygen atoms in total. The van der Waals surface area contributed by atoms with E-state index in [0.29, 0.717) is 0 Å². The number of carbonyl (C=O) groups is 1. The minimum Gasteiger partial charge on any atom is -0.307 e. The van der Waals surface area contributed by atoms with Gasteiger partial charge in [0.1, 0.15) is 0 Å². The number of benzene rings is 1. The van der Waals surface area contributed by atoms with Crippen molar-refractivity contribution >= 4 is 11.6 Å². The van der Waals surface area contributed by atoms with Gasteiger partial charge in [-0.25, -0.2) is 0 Å². The standard InChI is InChI=1S/C11H12NO/c1-9(13)12-8-4-6-10-5-2-3-7-11(10)12/h2-3,5,7-8H,4,6H2,1H3. The largest absolute Gasteiger partial charge is 0.307 e. The second kappa shape index (κ2) is 3.21. The Morgan fingerprint density at radius 2 is 2.15 bits per heavy atom. The van der Waals surface area contributed by atoms with E-state index in [1.807, 2.05) is 24.7 Å². The van der Waals surface area contributed by atoms with Crippen molar-refractivity contribution in [2.24, 2.45) is 0 Å². The molecule has 1 amide bonds. The zero-order valence-corrected chi connectivity index (χ0v) is 7.66. The highest BCUT2D eigenvalue weighted by Gasteiger charge is 2.18. The normalized spacial score (nSPS) is 15.3. The first-order valence-electron chi connectivity index (χ1n) is 4.50. The fraction of sp³-hybridized carbons (Fsp3) is 0.273. The SMILES string of the molecule is CC(=O)N1[CH]CCc2ccccc21. The van der Waals surface area contributed by atoms with Gasteiger partial charge < -0.3 is 4.90 Å². The molecule has 1 aromatic carbocycles. The Bertz CT molecular complexity index is 333. The fourth-order valence-corrected chi connectivity index (χ4v) is 1.70. The van der Waals surface area contributed by atoms with Crippen molar-refractivity contribution in [2.45, 2.75) is 19.8 Å². The fourth-order valence-electron chi connectivity index (χ4n) is 1.70. The summed E-state index contributed by atoms with van der Waals surface area (Å²) in [6.07, 6.45) is 2.00. The summed E-state index contributed by atoms with van der Waals surface area (Å²) < 4.78 is 0. The minimum absolute atomic E-state index is 0.0900. The summed E-state index contributed by atoms with van der Waals surface area (Å²) in [7, 11) is 0. The number of amides is 1. The number of nitrogens with zero attached hydrogens (tertiary/aromatic N) is 1. The Kier molecular flexibility index (Phi) is 2.05. The molecule has 0 saturated heterocycles. The predicted molar refractivity (Wildman–Crippen MR) is 52.2 cm³/mol. The third kappa shape index (κ3) is 1.44. The zero-order valence-electron chi connectivity index (χ0n) is 7.66. The number of anilines is 1. The van der Waals surface area contributed by atoms with Crippen LogP contribution in [0.1, 0.15) is 18.9 Å². The number of hydrogen-bond donors (Lipinski definition) is 0. The number of para-hydroxylation sites is 1. The monoisotopic (exact) mass is 174 g/mol. The smallest absolute Gasteiger partial charge is 0.224 e. The number of fused-ring (bicyclic) bond motifs is 1. The molecule has 0 fully saturated rings. The number of rotatable bonds is 0. The highest BCUT2D eigenvalue weighted by atomic mass is 16.2. The molecule has 1 aliphatic rings. The minimum atomic E-state index is 0.0900. The second-order valence-corrected chi connectivity index (χ2v) is 3.24. The quantitative estimate of drug-likeness (QED) is 0.590. The van der Waals surface area contributed by atoms with Crippen LogP contribution >= 0.6 is 0 Å². The Hall–Kier alpha value is -1.31. The van der Waals surface area contributed by atoms with Crippen LogP contribution in [0.5, 0.6) is 0 Å². The molecule has 1 heterocycles. The van der Waals surface area contributed by atoms with E-state index < -0.39 is 0 Å². The van der Waals surface area contributed by atoms with Crippen LogP contribution in [0.2, 0.25) is 0 Å². The summed E-state index contributed by atoms with van der Waals surface area (Å²) in [5.74, 6) is 0.0900. The lowest BCUT2D eigenvalue weighted by Crippen LogP contribution is -2.29. The van der Waals surface area contributed by atoms with Gasteiger partial charge in [0, 0.05) is 12.6 Å². The van der Waals surface area contributed by atoms with Gasteiger partial charge in [-0.2, -0.15) is 0 Å². The van der Waals surface area contributed by atoms with E-state index in [9.17, 15) is 4.79 Å². The lowest BCUT2D eigenvalue weighted by molar-refractivity contribution is -0.116. The van der Waals surface area contributed by atoms with Crippen LogP contribution in [-0.4, -0.2) is 5.91 Å². The molecule has 0 saturated carbocycles. The van der Waals surface area contributed by atoms with Crippen LogP contribution in [-0.2, 0) is 11.2 Å². The first kappa shape index (κ1) is 8.30. The van der Waals surface area contributed by atoms with E-state index in [2.05, 4.69) is 6.07 Å². The van der Waals surface area contributed by atoms with E-state index in [0.717, 1.165) is 18.5 Å². The van der Waals surface area contributed by atoms with Gasteiger partial charge in [-0.15, -0.1) is 0 Å². The Balaban J connectivity index is 2.42. The van der Waals surface area contributed by atoms with Crippen LogP contribution < -0.4 is 4.90 Å². The summed E-state index contributed by atoms with van der Waals surface area (Å²) in [6, 6.07) is 8.06. The highest BCUT2D eigenvalue weighted by Crippen LogP contribution is 2.28. The lowest BCUT2D eigenvalue weighted by atomic mass is 10.0. The molecule has 0 N–H and O–H groups in total. The van der Waals surface area contributed by atoms with E-state index >= 15 is 0 Å². The van der Waals surface area contributed by atoms with Gasteiger partial charge in [0.25, 0.3) is 0 Å². The predicted octanol–water partition coefficient (Wildman–Crippen LogP) is 2.15. The van der Waals surface area contributed by atoms with Crippen molar-refractivity contribution < 1.29 is 4.79 Å². The van der Waals surface area contributed by atoms with E-state index in [1.54, 1.807) is 11.8 Å². The summed E-state index contributed by atoms with van der Waals surface area (Å²) in [4.78, 5) is 13.0. The molecule has 2 heteroatoms. The summed E-state index contributed by atoms with van der Waals surface area (Å²) in [5.41, 5.74) is 2.31. The van der Waals surface area contributed by atoms with Crippen molar-refractivity contribution in [1.82, 2.24) is 0 Å². The molecule has 0 bridgehead atoms. The second-order valence-electron chi connectivity index (χ2n) is 3.24. The molecule has 1 aromatic rings. The molecule has 0 unspecified atom stereocenters. The molecular formula is C11H12NO. The van der Waals surface area contributed by atoms with Crippen molar-refractivity contribution in [2.75, 3.05) is 4.90 Å². The van der Waals surface area contributed by atoms with Gasteiger partial charge in [-0.05, 0) is 24.5 Å². The summed E-state index contributed by atoms with van der Waals surface area (Å²) >= 11 is 0. The summed E-state index contributed by atoms with van der Waals surface area (Å²) in [6.45, 7) is 3.56. The molecule has 1 aliphatic heterocycles. The molecule has 13 heavy (non-hydrogen) atoms. The van der Waals surface area contributed by atoms with Gasteiger partial charge in [0.15, 0.2) is 0 Å². The third-order valence-corrected chi connectivity index (χ3v) is 2.32. The van der Waals surface area contributed by atoms with Crippen molar-refractivity contribution in [3.63, 3.8) is 0 Å². The molecule has 0 atom stereocenters. The molecule has 0 spiro atoms. The Labute approximate surface area is 78.2 Å². The lowest BCUT2D eigenvalue weighted by Gasteiger charge is -2.27. The molecule has 0 aromatic heterocycles. The topological polar surface area (TPSA) is 20.3 Å². The first-order chi connectivity index (χ1) is 6.29. The van der Waals surface area contributed by atoms with Gasteiger partial charge in [0.2, 0.25) is 5.91 Å². The number of hydrogen-bond acceptors (Lipinski definition) is 1. The van der Waals surface area contributed by atoms with E-state index in [-0.39, 0.29) is 5.91 Å². The van der Waals surface area contributed by atoms with E-state index in [4.69, 9.17) is 0 Å². The van der Waals surface area contributed by atoms with Crippen molar-refractivity contribution in [3.05, 3.63) is 36.4 Å². The zero-order chi connectivity index (χ0) is 9.26. The maximum absolute atomic E-state index is 11.3. The molecule has 67 valence electrons. The highest BCUT2D eigenvalue weighted by molar-refractivity contribution is 5.94. The van der Waals surface area contributed by atoms with Crippen LogP contribution in [0.15, 0.2) is 24.3 Å². The van der Waals surface area contributed by atoms with Crippen LogP contribution in [0.3, 0.4) is 0 Å². The van der Waals surface area contributed by atoms with Gasteiger partial charge in [-0.3, -0.25) is 4.79 Å². The third-order valence-electron chi connectivity index (χ3n) is 2.32.